The SMILES string of the molecule is CC(C1CC1CCCl)C(F)(F)F. The van der Waals surface area contributed by atoms with Gasteiger partial charge in [0.2, 0.25) is 0 Å². The van der Waals surface area contributed by atoms with E-state index in [1.54, 1.807) is 0 Å². The Morgan fingerprint density at radius 1 is 1.50 bits per heavy atom. The third kappa shape index (κ3) is 2.28. The molecule has 1 fully saturated rings. The van der Waals surface area contributed by atoms with Crippen LogP contribution >= 0.6 is 11.6 Å². The van der Waals surface area contributed by atoms with E-state index in [0.29, 0.717) is 12.3 Å². The van der Waals surface area contributed by atoms with Gasteiger partial charge in [-0.1, -0.05) is 6.92 Å². The molecule has 0 saturated heterocycles. The summed E-state index contributed by atoms with van der Waals surface area (Å²) < 4.78 is 36.4. The van der Waals surface area contributed by atoms with Crippen LogP contribution in [0.2, 0.25) is 0 Å². The van der Waals surface area contributed by atoms with Crippen LogP contribution in [0.25, 0.3) is 0 Å². The van der Waals surface area contributed by atoms with Gasteiger partial charge in [0.25, 0.3) is 0 Å². The van der Waals surface area contributed by atoms with E-state index in [1.165, 1.54) is 6.92 Å². The van der Waals surface area contributed by atoms with Crippen molar-refractivity contribution in [2.24, 2.45) is 17.8 Å². The molecule has 0 bridgehead atoms. The molecular formula is C8H12ClF3. The molecule has 0 N–H and O–H groups in total. The molecule has 4 heteroatoms. The van der Waals surface area contributed by atoms with Crippen LogP contribution in [0, 0.1) is 17.8 Å². The van der Waals surface area contributed by atoms with Crippen LogP contribution in [0.15, 0.2) is 0 Å². The van der Waals surface area contributed by atoms with Crippen LogP contribution in [-0.2, 0) is 0 Å². The average Bonchev–Trinajstić information content (AvgIpc) is 2.65. The standard InChI is InChI=1S/C8H12ClF3/c1-5(8(10,11)12)7-4-6(7)2-3-9/h5-7H,2-4H2,1H3. The van der Waals surface area contributed by atoms with E-state index in [2.05, 4.69) is 0 Å². The third-order valence-corrected chi connectivity index (χ3v) is 2.83. The van der Waals surface area contributed by atoms with Gasteiger partial charge in [-0.25, -0.2) is 0 Å². The summed E-state index contributed by atoms with van der Waals surface area (Å²) in [6, 6.07) is 0. The Morgan fingerprint density at radius 2 is 2.08 bits per heavy atom. The molecule has 3 unspecified atom stereocenters. The topological polar surface area (TPSA) is 0 Å². The van der Waals surface area contributed by atoms with Crippen molar-refractivity contribution in [3.8, 4) is 0 Å². The fraction of sp³-hybridized carbons (Fsp3) is 1.00. The second-order valence-electron chi connectivity index (χ2n) is 3.47. The van der Waals surface area contributed by atoms with E-state index in [0.717, 1.165) is 6.42 Å². The highest BCUT2D eigenvalue weighted by Crippen LogP contribution is 2.51. The van der Waals surface area contributed by atoms with Gasteiger partial charge in [0.15, 0.2) is 0 Å². The number of alkyl halides is 4. The van der Waals surface area contributed by atoms with E-state index in [1.807, 2.05) is 0 Å². The minimum atomic E-state index is -4.02. The van der Waals surface area contributed by atoms with Gasteiger partial charge < -0.3 is 0 Å². The van der Waals surface area contributed by atoms with Crippen LogP contribution in [0.3, 0.4) is 0 Å². The second kappa shape index (κ2) is 3.44. The van der Waals surface area contributed by atoms with Crippen LogP contribution in [0.1, 0.15) is 19.8 Å². The number of hydrogen-bond acceptors (Lipinski definition) is 0. The first kappa shape index (κ1) is 10.2. The van der Waals surface area contributed by atoms with Crippen molar-refractivity contribution in [3.63, 3.8) is 0 Å². The Kier molecular flexibility index (Phi) is 2.92. The first-order valence-corrected chi connectivity index (χ1v) is 4.63. The predicted molar refractivity (Wildman–Crippen MR) is 42.2 cm³/mol. The van der Waals surface area contributed by atoms with Crippen molar-refractivity contribution < 1.29 is 13.2 Å². The van der Waals surface area contributed by atoms with Crippen molar-refractivity contribution in [2.75, 3.05) is 5.88 Å². The van der Waals surface area contributed by atoms with Crippen LogP contribution < -0.4 is 0 Å². The summed E-state index contributed by atoms with van der Waals surface area (Å²) in [7, 11) is 0. The normalized spacial score (nSPS) is 31.8. The Morgan fingerprint density at radius 3 is 2.50 bits per heavy atom. The summed E-state index contributed by atoms with van der Waals surface area (Å²) in [6.07, 6.45) is -2.59. The lowest BCUT2D eigenvalue weighted by Crippen LogP contribution is -2.22. The molecule has 0 aromatic heterocycles. The molecule has 0 amide bonds. The highest BCUT2D eigenvalue weighted by molar-refractivity contribution is 6.17. The predicted octanol–water partition coefficient (Wildman–Crippen LogP) is 3.45. The monoisotopic (exact) mass is 200 g/mol. The first-order valence-electron chi connectivity index (χ1n) is 4.09. The van der Waals surface area contributed by atoms with Crippen LogP contribution in [0.5, 0.6) is 0 Å². The second-order valence-corrected chi connectivity index (χ2v) is 3.85. The summed E-state index contributed by atoms with van der Waals surface area (Å²) in [6.45, 7) is 1.26. The maximum Gasteiger partial charge on any atom is 0.391 e. The maximum absolute atomic E-state index is 12.1. The summed E-state index contributed by atoms with van der Waals surface area (Å²) in [4.78, 5) is 0. The van der Waals surface area contributed by atoms with Gasteiger partial charge in [0, 0.05) is 5.88 Å². The molecule has 0 aromatic carbocycles. The molecule has 1 aliphatic carbocycles. The summed E-state index contributed by atoms with van der Waals surface area (Å²) in [5, 5.41) is 0. The average molecular weight is 201 g/mol. The number of hydrogen-bond donors (Lipinski definition) is 0. The van der Waals surface area contributed by atoms with Crippen molar-refractivity contribution >= 4 is 11.6 Å². The van der Waals surface area contributed by atoms with E-state index in [4.69, 9.17) is 11.6 Å². The number of rotatable bonds is 3. The molecular weight excluding hydrogens is 189 g/mol. The zero-order valence-corrected chi connectivity index (χ0v) is 7.62. The van der Waals surface area contributed by atoms with Crippen molar-refractivity contribution in [3.05, 3.63) is 0 Å². The minimum Gasteiger partial charge on any atom is -0.171 e. The highest BCUT2D eigenvalue weighted by Gasteiger charge is 2.51. The molecule has 72 valence electrons. The molecule has 3 atom stereocenters. The van der Waals surface area contributed by atoms with Crippen LogP contribution in [0.4, 0.5) is 13.2 Å². The van der Waals surface area contributed by atoms with Crippen molar-refractivity contribution in [1.29, 1.82) is 0 Å². The van der Waals surface area contributed by atoms with E-state index < -0.39 is 12.1 Å². The molecule has 0 nitrogen and oxygen atoms in total. The Balaban J connectivity index is 2.33. The van der Waals surface area contributed by atoms with Gasteiger partial charge in [-0.2, -0.15) is 13.2 Å². The zero-order valence-electron chi connectivity index (χ0n) is 6.87. The molecule has 0 aromatic rings. The van der Waals surface area contributed by atoms with Gasteiger partial charge in [-0.15, -0.1) is 11.6 Å². The van der Waals surface area contributed by atoms with Crippen LogP contribution in [-0.4, -0.2) is 12.1 Å². The van der Waals surface area contributed by atoms with Crippen molar-refractivity contribution in [2.45, 2.75) is 25.9 Å². The molecule has 1 rings (SSSR count). The Hall–Kier alpha value is 0.0800. The molecule has 0 heterocycles. The summed E-state index contributed by atoms with van der Waals surface area (Å²) >= 11 is 5.44. The van der Waals surface area contributed by atoms with Gasteiger partial charge in [-0.05, 0) is 24.7 Å². The first-order chi connectivity index (χ1) is 5.46. The minimum absolute atomic E-state index is 0.163. The molecule has 1 saturated carbocycles. The zero-order chi connectivity index (χ0) is 9.35. The summed E-state index contributed by atoms with van der Waals surface area (Å²) in [5.74, 6) is -0.611. The van der Waals surface area contributed by atoms with E-state index in [-0.39, 0.29) is 11.8 Å². The molecule has 1 aliphatic rings. The van der Waals surface area contributed by atoms with E-state index >= 15 is 0 Å². The fourth-order valence-electron chi connectivity index (χ4n) is 1.60. The quantitative estimate of drug-likeness (QED) is 0.613. The maximum atomic E-state index is 12.1. The molecule has 0 spiro atoms. The summed E-state index contributed by atoms with van der Waals surface area (Å²) in [5.41, 5.74) is 0. The lowest BCUT2D eigenvalue weighted by Gasteiger charge is -2.14. The van der Waals surface area contributed by atoms with Gasteiger partial charge >= 0.3 is 6.18 Å². The fourth-order valence-corrected chi connectivity index (χ4v) is 1.88. The van der Waals surface area contributed by atoms with E-state index in [9.17, 15) is 13.2 Å². The lowest BCUT2D eigenvalue weighted by molar-refractivity contribution is -0.176. The van der Waals surface area contributed by atoms with Gasteiger partial charge in [-0.3, -0.25) is 0 Å². The lowest BCUT2D eigenvalue weighted by atomic mass is 10.0. The smallest absolute Gasteiger partial charge is 0.171 e. The van der Waals surface area contributed by atoms with Gasteiger partial charge in [0.1, 0.15) is 0 Å². The third-order valence-electron chi connectivity index (χ3n) is 2.62. The Bertz CT molecular complexity index is 155. The highest BCUT2D eigenvalue weighted by atomic mass is 35.5. The number of halogens is 4. The largest absolute Gasteiger partial charge is 0.391 e. The molecule has 0 radical (unpaired) electrons. The van der Waals surface area contributed by atoms with Crippen molar-refractivity contribution in [1.82, 2.24) is 0 Å². The Labute approximate surface area is 75.1 Å². The molecule has 0 aliphatic heterocycles. The van der Waals surface area contributed by atoms with Gasteiger partial charge in [0.05, 0.1) is 5.92 Å². The molecule has 12 heavy (non-hydrogen) atoms.